The van der Waals surface area contributed by atoms with Crippen molar-refractivity contribution in [2.75, 3.05) is 18.5 Å². The SMILES string of the molecule is Cc1cc(C)cc(NC(=O)C2CCOC2)c1. The summed E-state index contributed by atoms with van der Waals surface area (Å²) in [6, 6.07) is 6.07. The summed E-state index contributed by atoms with van der Waals surface area (Å²) in [4.78, 5) is 11.8. The molecule has 0 radical (unpaired) electrons. The number of hydrogen-bond acceptors (Lipinski definition) is 2. The summed E-state index contributed by atoms with van der Waals surface area (Å²) in [6.45, 7) is 5.31. The summed E-state index contributed by atoms with van der Waals surface area (Å²) in [5.74, 6) is 0.0864. The van der Waals surface area contributed by atoms with E-state index in [0.717, 1.165) is 23.2 Å². The molecule has 0 bridgehead atoms. The Balaban J connectivity index is 2.05. The molecule has 1 fully saturated rings. The van der Waals surface area contributed by atoms with E-state index in [1.165, 1.54) is 0 Å². The molecule has 1 N–H and O–H groups in total. The van der Waals surface area contributed by atoms with Crippen LogP contribution < -0.4 is 5.32 Å². The van der Waals surface area contributed by atoms with E-state index in [1.54, 1.807) is 0 Å². The van der Waals surface area contributed by atoms with Crippen molar-refractivity contribution in [2.24, 2.45) is 5.92 Å². The first-order valence-corrected chi connectivity index (χ1v) is 5.62. The van der Waals surface area contributed by atoms with Gasteiger partial charge in [0.2, 0.25) is 5.91 Å². The maximum absolute atomic E-state index is 11.8. The zero-order valence-corrected chi connectivity index (χ0v) is 9.75. The molecule has 0 saturated carbocycles. The van der Waals surface area contributed by atoms with Crippen LogP contribution in [-0.2, 0) is 9.53 Å². The highest BCUT2D eigenvalue weighted by Crippen LogP contribution is 2.18. The van der Waals surface area contributed by atoms with Crippen LogP contribution in [0.4, 0.5) is 5.69 Å². The van der Waals surface area contributed by atoms with Gasteiger partial charge >= 0.3 is 0 Å². The molecule has 2 rings (SSSR count). The van der Waals surface area contributed by atoms with Crippen molar-refractivity contribution in [3.63, 3.8) is 0 Å². The standard InChI is InChI=1S/C13H17NO2/c1-9-5-10(2)7-12(6-9)14-13(15)11-3-4-16-8-11/h5-7,11H,3-4,8H2,1-2H3,(H,14,15). The number of benzene rings is 1. The lowest BCUT2D eigenvalue weighted by atomic mass is 10.1. The number of rotatable bonds is 2. The van der Waals surface area contributed by atoms with Crippen LogP contribution in [0.1, 0.15) is 17.5 Å². The van der Waals surface area contributed by atoms with Gasteiger partial charge in [-0.2, -0.15) is 0 Å². The van der Waals surface area contributed by atoms with Crippen LogP contribution in [-0.4, -0.2) is 19.1 Å². The fourth-order valence-corrected chi connectivity index (χ4v) is 2.03. The Morgan fingerprint density at radius 2 is 2.00 bits per heavy atom. The van der Waals surface area contributed by atoms with Gasteiger partial charge in [-0.3, -0.25) is 4.79 Å². The average Bonchev–Trinajstić information content (AvgIpc) is 2.68. The molecular formula is C13H17NO2. The molecule has 0 aromatic heterocycles. The van der Waals surface area contributed by atoms with Crippen LogP contribution in [0.15, 0.2) is 18.2 Å². The smallest absolute Gasteiger partial charge is 0.229 e. The second-order valence-corrected chi connectivity index (χ2v) is 4.43. The lowest BCUT2D eigenvalue weighted by Gasteiger charge is -2.10. The van der Waals surface area contributed by atoms with E-state index < -0.39 is 0 Å². The number of aryl methyl sites for hydroxylation is 2. The van der Waals surface area contributed by atoms with E-state index >= 15 is 0 Å². The quantitative estimate of drug-likeness (QED) is 0.828. The number of ether oxygens (including phenoxy) is 1. The van der Waals surface area contributed by atoms with Crippen LogP contribution in [0.3, 0.4) is 0 Å². The molecule has 1 aromatic rings. The van der Waals surface area contributed by atoms with Crippen LogP contribution in [0.5, 0.6) is 0 Å². The zero-order chi connectivity index (χ0) is 11.5. The van der Waals surface area contributed by atoms with Gasteiger partial charge in [0, 0.05) is 12.3 Å². The van der Waals surface area contributed by atoms with Crippen molar-refractivity contribution in [1.29, 1.82) is 0 Å². The molecule has 1 atom stereocenters. The van der Waals surface area contributed by atoms with Crippen molar-refractivity contribution in [1.82, 2.24) is 0 Å². The Labute approximate surface area is 95.8 Å². The third-order valence-corrected chi connectivity index (χ3v) is 2.79. The third-order valence-electron chi connectivity index (χ3n) is 2.79. The Morgan fingerprint density at radius 1 is 1.31 bits per heavy atom. The molecule has 3 nitrogen and oxygen atoms in total. The molecule has 0 spiro atoms. The van der Waals surface area contributed by atoms with Crippen LogP contribution >= 0.6 is 0 Å². The number of carbonyl (C=O) groups is 1. The Kier molecular flexibility index (Phi) is 3.25. The second-order valence-electron chi connectivity index (χ2n) is 4.43. The number of hydrogen-bond donors (Lipinski definition) is 1. The van der Waals surface area contributed by atoms with E-state index in [-0.39, 0.29) is 11.8 Å². The molecule has 86 valence electrons. The summed E-state index contributed by atoms with van der Waals surface area (Å²) in [5.41, 5.74) is 3.21. The Bertz CT molecular complexity index is 375. The van der Waals surface area contributed by atoms with Crippen LogP contribution in [0.2, 0.25) is 0 Å². The molecule has 1 unspecified atom stereocenters. The van der Waals surface area contributed by atoms with Crippen molar-refractivity contribution in [3.8, 4) is 0 Å². The fourth-order valence-electron chi connectivity index (χ4n) is 2.03. The minimum atomic E-state index is 0.0146. The van der Waals surface area contributed by atoms with Crippen LogP contribution in [0.25, 0.3) is 0 Å². The molecule has 1 saturated heterocycles. The first-order chi connectivity index (χ1) is 7.65. The molecule has 16 heavy (non-hydrogen) atoms. The number of anilines is 1. The molecule has 3 heteroatoms. The highest BCUT2D eigenvalue weighted by molar-refractivity contribution is 5.92. The molecule has 1 aliphatic rings. The van der Waals surface area contributed by atoms with Crippen molar-refractivity contribution >= 4 is 11.6 Å². The number of nitrogens with one attached hydrogen (secondary N) is 1. The molecule has 1 heterocycles. The summed E-state index contributed by atoms with van der Waals surface area (Å²) >= 11 is 0. The topological polar surface area (TPSA) is 38.3 Å². The summed E-state index contributed by atoms with van der Waals surface area (Å²) in [5, 5.41) is 2.95. The summed E-state index contributed by atoms with van der Waals surface area (Å²) in [7, 11) is 0. The van der Waals surface area contributed by atoms with Gasteiger partial charge in [-0.1, -0.05) is 6.07 Å². The minimum absolute atomic E-state index is 0.0146. The maximum atomic E-state index is 11.8. The highest BCUT2D eigenvalue weighted by Gasteiger charge is 2.23. The highest BCUT2D eigenvalue weighted by atomic mass is 16.5. The predicted molar refractivity (Wildman–Crippen MR) is 63.5 cm³/mol. The zero-order valence-electron chi connectivity index (χ0n) is 9.75. The molecule has 0 aliphatic carbocycles. The first-order valence-electron chi connectivity index (χ1n) is 5.62. The Hall–Kier alpha value is -1.35. The summed E-state index contributed by atoms with van der Waals surface area (Å²) < 4.78 is 5.20. The van der Waals surface area contributed by atoms with Gasteiger partial charge < -0.3 is 10.1 Å². The van der Waals surface area contributed by atoms with Gasteiger partial charge in [0.05, 0.1) is 12.5 Å². The largest absolute Gasteiger partial charge is 0.381 e. The first kappa shape index (κ1) is 11.1. The van der Waals surface area contributed by atoms with Gasteiger partial charge in [0.15, 0.2) is 0 Å². The maximum Gasteiger partial charge on any atom is 0.229 e. The van der Waals surface area contributed by atoms with E-state index in [0.29, 0.717) is 13.2 Å². The molecule has 1 aromatic carbocycles. The van der Waals surface area contributed by atoms with E-state index in [1.807, 2.05) is 26.0 Å². The van der Waals surface area contributed by atoms with Gasteiger partial charge in [0.25, 0.3) is 0 Å². The van der Waals surface area contributed by atoms with Crippen molar-refractivity contribution in [3.05, 3.63) is 29.3 Å². The Morgan fingerprint density at radius 3 is 2.56 bits per heavy atom. The third kappa shape index (κ3) is 2.61. The van der Waals surface area contributed by atoms with Crippen molar-refractivity contribution < 1.29 is 9.53 Å². The minimum Gasteiger partial charge on any atom is -0.381 e. The lowest BCUT2D eigenvalue weighted by Crippen LogP contribution is -2.22. The fraction of sp³-hybridized carbons (Fsp3) is 0.462. The van der Waals surface area contributed by atoms with E-state index in [4.69, 9.17) is 4.74 Å². The van der Waals surface area contributed by atoms with Crippen LogP contribution in [0, 0.1) is 19.8 Å². The van der Waals surface area contributed by atoms with Gasteiger partial charge in [-0.15, -0.1) is 0 Å². The van der Waals surface area contributed by atoms with Gasteiger partial charge in [0.1, 0.15) is 0 Å². The number of amides is 1. The van der Waals surface area contributed by atoms with E-state index in [2.05, 4.69) is 11.4 Å². The second kappa shape index (κ2) is 4.66. The lowest BCUT2D eigenvalue weighted by molar-refractivity contribution is -0.119. The molecule has 1 aliphatic heterocycles. The van der Waals surface area contributed by atoms with Crippen molar-refractivity contribution in [2.45, 2.75) is 20.3 Å². The average molecular weight is 219 g/mol. The normalized spacial score (nSPS) is 19.8. The monoisotopic (exact) mass is 219 g/mol. The van der Waals surface area contributed by atoms with Gasteiger partial charge in [-0.05, 0) is 43.5 Å². The summed E-state index contributed by atoms with van der Waals surface area (Å²) in [6.07, 6.45) is 0.830. The number of carbonyl (C=O) groups excluding carboxylic acids is 1. The molecule has 1 amide bonds. The molecular weight excluding hydrogens is 202 g/mol. The van der Waals surface area contributed by atoms with E-state index in [9.17, 15) is 4.79 Å². The van der Waals surface area contributed by atoms with Gasteiger partial charge in [-0.25, -0.2) is 0 Å². The predicted octanol–water partition coefficient (Wildman–Crippen LogP) is 2.28.